The molecule has 0 aliphatic carbocycles. The Hall–Kier alpha value is -2.07. The van der Waals surface area contributed by atoms with Crippen molar-refractivity contribution in [2.75, 3.05) is 13.2 Å². The van der Waals surface area contributed by atoms with E-state index in [-0.39, 0.29) is 6.61 Å². The molecule has 1 atom stereocenters. The first-order chi connectivity index (χ1) is 10.5. The lowest BCUT2D eigenvalue weighted by molar-refractivity contribution is -0.311. The first kappa shape index (κ1) is 17.3. The summed E-state index contributed by atoms with van der Waals surface area (Å²) in [5.74, 6) is -4.97. The summed E-state index contributed by atoms with van der Waals surface area (Å²) in [4.78, 5) is 19.0. The van der Waals surface area contributed by atoms with Gasteiger partial charge in [0.15, 0.2) is 0 Å². The van der Waals surface area contributed by atoms with E-state index in [0.29, 0.717) is 0 Å². The molecule has 0 bridgehead atoms. The van der Waals surface area contributed by atoms with Gasteiger partial charge >= 0.3 is 18.3 Å². The van der Waals surface area contributed by atoms with Crippen LogP contribution < -0.4 is 0 Å². The van der Waals surface area contributed by atoms with Gasteiger partial charge in [-0.2, -0.15) is 26.3 Å². The summed E-state index contributed by atoms with van der Waals surface area (Å²) in [5, 5.41) is 0. The van der Waals surface area contributed by atoms with Crippen LogP contribution in [0.1, 0.15) is 6.92 Å². The number of ether oxygens (including phenoxy) is 1. The van der Waals surface area contributed by atoms with Gasteiger partial charge in [-0.25, -0.2) is 9.98 Å². The Kier molecular flexibility index (Phi) is 4.16. The Balaban J connectivity index is 2.67. The van der Waals surface area contributed by atoms with Gasteiger partial charge in [0.25, 0.3) is 5.54 Å². The Bertz CT molecular complexity index is 564. The van der Waals surface area contributed by atoms with E-state index in [4.69, 9.17) is 0 Å². The SMILES string of the molecule is CCOC(=O)C1CN2C=CC=NC2=NC1(C(F)(F)F)C(F)(F)F. The molecule has 2 aliphatic rings. The highest BCUT2D eigenvalue weighted by Crippen LogP contribution is 2.53. The maximum atomic E-state index is 13.4. The topological polar surface area (TPSA) is 54.3 Å². The zero-order chi connectivity index (χ0) is 17.5. The van der Waals surface area contributed by atoms with E-state index in [2.05, 4.69) is 14.7 Å². The van der Waals surface area contributed by atoms with Crippen molar-refractivity contribution in [3.63, 3.8) is 0 Å². The van der Waals surface area contributed by atoms with Crippen LogP contribution in [-0.4, -0.2) is 54.1 Å². The van der Waals surface area contributed by atoms with Gasteiger partial charge in [-0.3, -0.25) is 4.79 Å². The van der Waals surface area contributed by atoms with Crippen LogP contribution in [0, 0.1) is 5.92 Å². The molecule has 2 heterocycles. The van der Waals surface area contributed by atoms with Gasteiger partial charge in [-0.05, 0) is 13.0 Å². The molecule has 23 heavy (non-hydrogen) atoms. The van der Waals surface area contributed by atoms with Gasteiger partial charge in [0.1, 0.15) is 5.92 Å². The van der Waals surface area contributed by atoms with E-state index >= 15 is 0 Å². The molecule has 0 amide bonds. The van der Waals surface area contributed by atoms with Crippen LogP contribution in [0.5, 0.6) is 0 Å². The molecule has 0 spiro atoms. The van der Waals surface area contributed by atoms with E-state index in [0.717, 1.165) is 11.1 Å². The molecule has 0 fully saturated rings. The third kappa shape index (κ3) is 2.68. The molecule has 0 aromatic rings. The molecule has 0 aromatic carbocycles. The minimum atomic E-state index is -5.85. The highest BCUT2D eigenvalue weighted by molar-refractivity contribution is 5.96. The number of guanidine groups is 1. The Morgan fingerprint density at radius 3 is 2.48 bits per heavy atom. The fourth-order valence-electron chi connectivity index (χ4n) is 2.36. The molecule has 2 rings (SSSR count). The van der Waals surface area contributed by atoms with Crippen molar-refractivity contribution in [3.05, 3.63) is 12.3 Å². The minimum absolute atomic E-state index is 0.355. The van der Waals surface area contributed by atoms with E-state index in [1.807, 2.05) is 0 Å². The number of hydrogen-bond donors (Lipinski definition) is 0. The third-order valence-corrected chi connectivity index (χ3v) is 3.39. The molecule has 2 aliphatic heterocycles. The average molecular weight is 343 g/mol. The monoisotopic (exact) mass is 343 g/mol. The highest BCUT2D eigenvalue weighted by Gasteiger charge is 2.78. The van der Waals surface area contributed by atoms with Crippen LogP contribution in [-0.2, 0) is 9.53 Å². The molecule has 11 heteroatoms. The lowest BCUT2D eigenvalue weighted by atomic mass is 9.81. The number of hydrogen-bond acceptors (Lipinski definition) is 5. The molecule has 5 nitrogen and oxygen atoms in total. The molecule has 0 aromatic heterocycles. The number of alkyl halides is 6. The maximum Gasteiger partial charge on any atom is 0.423 e. The molecular formula is C12H11F6N3O2. The molecule has 0 N–H and O–H groups in total. The van der Waals surface area contributed by atoms with Crippen molar-refractivity contribution in [1.82, 2.24) is 4.90 Å². The van der Waals surface area contributed by atoms with Crippen LogP contribution in [0.25, 0.3) is 0 Å². The minimum Gasteiger partial charge on any atom is -0.466 e. The van der Waals surface area contributed by atoms with Crippen LogP contribution in [0.4, 0.5) is 26.3 Å². The largest absolute Gasteiger partial charge is 0.466 e. The Morgan fingerprint density at radius 1 is 1.35 bits per heavy atom. The summed E-state index contributed by atoms with van der Waals surface area (Å²) in [6, 6.07) is 0. The summed E-state index contributed by atoms with van der Waals surface area (Å²) < 4.78 is 84.7. The summed E-state index contributed by atoms with van der Waals surface area (Å²) in [5.41, 5.74) is -4.60. The number of halogens is 6. The van der Waals surface area contributed by atoms with E-state index in [9.17, 15) is 31.1 Å². The van der Waals surface area contributed by atoms with Gasteiger partial charge in [0.05, 0.1) is 6.61 Å². The predicted molar refractivity (Wildman–Crippen MR) is 66.7 cm³/mol. The summed E-state index contributed by atoms with van der Waals surface area (Å²) >= 11 is 0. The first-order valence-electron chi connectivity index (χ1n) is 6.42. The summed E-state index contributed by atoms with van der Waals surface area (Å²) in [6.45, 7) is 0.0274. The molecule has 128 valence electrons. The van der Waals surface area contributed by atoms with Crippen LogP contribution in [0.3, 0.4) is 0 Å². The van der Waals surface area contributed by atoms with Crippen molar-refractivity contribution in [3.8, 4) is 0 Å². The fourth-order valence-corrected chi connectivity index (χ4v) is 2.36. The number of aliphatic imine (C=N–C) groups is 2. The van der Waals surface area contributed by atoms with Crippen molar-refractivity contribution in [2.45, 2.75) is 24.8 Å². The lowest BCUT2D eigenvalue weighted by Gasteiger charge is -2.44. The smallest absolute Gasteiger partial charge is 0.423 e. The number of nitrogens with zero attached hydrogens (tertiary/aromatic N) is 3. The predicted octanol–water partition coefficient (Wildman–Crippen LogP) is 2.30. The summed E-state index contributed by atoms with van der Waals surface area (Å²) in [6.07, 6.45) is -8.20. The lowest BCUT2D eigenvalue weighted by Crippen LogP contribution is -2.67. The Labute approximate surface area is 126 Å². The van der Waals surface area contributed by atoms with Crippen LogP contribution >= 0.6 is 0 Å². The van der Waals surface area contributed by atoms with Gasteiger partial charge in [0, 0.05) is 19.0 Å². The summed E-state index contributed by atoms with van der Waals surface area (Å²) in [7, 11) is 0. The second-order valence-electron chi connectivity index (χ2n) is 4.75. The van der Waals surface area contributed by atoms with E-state index < -0.39 is 42.3 Å². The van der Waals surface area contributed by atoms with Crippen molar-refractivity contribution >= 4 is 18.1 Å². The van der Waals surface area contributed by atoms with Crippen molar-refractivity contribution < 1.29 is 35.9 Å². The molecular weight excluding hydrogens is 332 g/mol. The quantitative estimate of drug-likeness (QED) is 0.571. The van der Waals surface area contributed by atoms with Gasteiger partial charge in [0.2, 0.25) is 5.96 Å². The molecule has 0 saturated carbocycles. The number of rotatable bonds is 2. The van der Waals surface area contributed by atoms with Crippen molar-refractivity contribution in [2.24, 2.45) is 15.9 Å². The highest BCUT2D eigenvalue weighted by atomic mass is 19.4. The maximum absolute atomic E-state index is 13.4. The van der Waals surface area contributed by atoms with E-state index in [1.165, 1.54) is 19.2 Å². The number of carbonyl (C=O) groups is 1. The molecule has 0 radical (unpaired) electrons. The van der Waals surface area contributed by atoms with Gasteiger partial charge in [-0.15, -0.1) is 0 Å². The molecule has 0 saturated heterocycles. The second-order valence-corrected chi connectivity index (χ2v) is 4.75. The zero-order valence-corrected chi connectivity index (χ0v) is 11.6. The van der Waals surface area contributed by atoms with Crippen LogP contribution in [0.15, 0.2) is 22.3 Å². The molecule has 1 unspecified atom stereocenters. The Morgan fingerprint density at radius 2 is 1.96 bits per heavy atom. The van der Waals surface area contributed by atoms with E-state index in [1.54, 1.807) is 0 Å². The first-order valence-corrected chi connectivity index (χ1v) is 6.42. The normalized spacial score (nSPS) is 23.3. The van der Waals surface area contributed by atoms with Crippen molar-refractivity contribution in [1.29, 1.82) is 0 Å². The van der Waals surface area contributed by atoms with Gasteiger partial charge in [-0.1, -0.05) is 0 Å². The third-order valence-electron chi connectivity index (χ3n) is 3.39. The number of carbonyl (C=O) groups excluding carboxylic acids is 1. The number of fused-ring (bicyclic) bond motifs is 1. The standard InChI is InChI=1S/C12H11F6N3O2/c1-2-23-8(22)7-6-21-5-3-4-19-9(21)20-10(7,11(13,14)15)12(16,17)18/h3-5,7H,2,6H2,1H3. The fraction of sp³-hybridized carbons (Fsp3) is 0.583. The van der Waals surface area contributed by atoms with Crippen LogP contribution in [0.2, 0.25) is 0 Å². The zero-order valence-electron chi connectivity index (χ0n) is 11.6. The van der Waals surface area contributed by atoms with Gasteiger partial charge < -0.3 is 9.64 Å². The second kappa shape index (κ2) is 5.53. The number of esters is 1. The number of allylic oxidation sites excluding steroid dienone is 1. The average Bonchev–Trinajstić information content (AvgIpc) is 2.43.